The number of hydrogen-bond donors (Lipinski definition) is 1. The van der Waals surface area contributed by atoms with E-state index in [0.717, 1.165) is 32.7 Å². The van der Waals surface area contributed by atoms with Crippen LogP contribution in [-0.4, -0.2) is 30.9 Å². The summed E-state index contributed by atoms with van der Waals surface area (Å²) in [7, 11) is 0. The first-order chi connectivity index (χ1) is 12.3. The van der Waals surface area contributed by atoms with Crippen molar-refractivity contribution in [2.24, 2.45) is 0 Å². The summed E-state index contributed by atoms with van der Waals surface area (Å²) in [6, 6.07) is 16.1. The van der Waals surface area contributed by atoms with Gasteiger partial charge in [-0.15, -0.1) is 16.4 Å². The quantitative estimate of drug-likeness (QED) is 0.516. The van der Waals surface area contributed by atoms with Crippen molar-refractivity contribution in [3.05, 3.63) is 48.5 Å². The molecule has 0 aliphatic rings. The molecule has 0 fully saturated rings. The number of nitrogens with one attached hydrogen (secondary N) is 1. The van der Waals surface area contributed by atoms with Crippen molar-refractivity contribution in [2.75, 3.05) is 11.1 Å². The molecule has 0 bridgehead atoms. The number of tetrazole rings is 1. The Bertz CT molecular complexity index is 979. The maximum atomic E-state index is 4.62. The van der Waals surface area contributed by atoms with Gasteiger partial charge in [0, 0.05) is 11.3 Å². The second kappa shape index (κ2) is 7.20. The van der Waals surface area contributed by atoms with Gasteiger partial charge in [0.25, 0.3) is 0 Å². The van der Waals surface area contributed by atoms with Gasteiger partial charge in [0.05, 0.1) is 10.2 Å². The first-order valence-electron chi connectivity index (χ1n) is 7.92. The van der Waals surface area contributed by atoms with Crippen molar-refractivity contribution in [2.45, 2.75) is 17.9 Å². The molecule has 0 aliphatic carbocycles. The van der Waals surface area contributed by atoms with Gasteiger partial charge in [0.15, 0.2) is 10.2 Å². The Morgan fingerprint density at radius 3 is 2.88 bits per heavy atom. The molecule has 25 heavy (non-hydrogen) atoms. The van der Waals surface area contributed by atoms with Crippen LogP contribution >= 0.6 is 23.1 Å². The zero-order valence-corrected chi connectivity index (χ0v) is 15.2. The molecule has 2 aromatic heterocycles. The van der Waals surface area contributed by atoms with Crippen LogP contribution in [0.15, 0.2) is 52.9 Å². The van der Waals surface area contributed by atoms with Crippen LogP contribution in [-0.2, 0) is 6.67 Å². The number of aromatic nitrogens is 5. The van der Waals surface area contributed by atoms with Gasteiger partial charge >= 0.3 is 0 Å². The number of benzene rings is 2. The predicted molar refractivity (Wildman–Crippen MR) is 103 cm³/mol. The Morgan fingerprint density at radius 2 is 2.04 bits per heavy atom. The summed E-state index contributed by atoms with van der Waals surface area (Å²) >= 11 is 3.50. The van der Waals surface area contributed by atoms with Crippen LogP contribution in [0.4, 0.5) is 5.69 Å². The highest BCUT2D eigenvalue weighted by Gasteiger charge is 2.09. The fourth-order valence-electron chi connectivity index (χ4n) is 2.47. The average Bonchev–Trinajstić information content (AvgIpc) is 3.27. The number of fused-ring (bicyclic) bond motifs is 1. The van der Waals surface area contributed by atoms with Gasteiger partial charge in [-0.1, -0.05) is 49.0 Å². The predicted octanol–water partition coefficient (Wildman–Crippen LogP) is 4.13. The van der Waals surface area contributed by atoms with Crippen LogP contribution in [0.1, 0.15) is 6.92 Å². The fraction of sp³-hybridized carbons (Fsp3) is 0.176. The minimum absolute atomic E-state index is 0.498. The summed E-state index contributed by atoms with van der Waals surface area (Å²) in [5.41, 5.74) is 3.06. The Balaban J connectivity index is 1.52. The molecular weight excluding hydrogens is 352 g/mol. The average molecular weight is 368 g/mol. The molecule has 0 radical (unpaired) electrons. The minimum Gasteiger partial charge on any atom is -0.366 e. The Hall–Kier alpha value is -2.45. The minimum atomic E-state index is 0.498. The van der Waals surface area contributed by atoms with Crippen molar-refractivity contribution in [3.8, 4) is 11.4 Å². The first kappa shape index (κ1) is 16.0. The maximum Gasteiger partial charge on any atom is 0.183 e. The van der Waals surface area contributed by atoms with E-state index in [1.54, 1.807) is 27.8 Å². The van der Waals surface area contributed by atoms with Gasteiger partial charge < -0.3 is 5.32 Å². The standard InChI is InChI=1S/C17H16N6S2/c1-2-24-17-19-14-9-8-13(10-15(14)25-17)18-11-23-16(20-21-22-23)12-6-4-3-5-7-12/h3-10,18H,2,11H2,1H3. The van der Waals surface area contributed by atoms with Gasteiger partial charge in [0.2, 0.25) is 0 Å². The molecule has 0 spiro atoms. The van der Waals surface area contributed by atoms with Crippen LogP contribution in [0.3, 0.4) is 0 Å². The largest absolute Gasteiger partial charge is 0.366 e. The SMILES string of the molecule is CCSc1nc2ccc(NCn3nnnc3-c3ccccc3)cc2s1. The molecule has 126 valence electrons. The van der Waals surface area contributed by atoms with Crippen LogP contribution in [0.2, 0.25) is 0 Å². The normalized spacial score (nSPS) is 11.1. The lowest BCUT2D eigenvalue weighted by Gasteiger charge is -2.08. The molecule has 6 nitrogen and oxygen atoms in total. The molecule has 0 amide bonds. The van der Waals surface area contributed by atoms with E-state index in [0.29, 0.717) is 6.67 Å². The summed E-state index contributed by atoms with van der Waals surface area (Å²) in [6.45, 7) is 2.64. The zero-order chi connectivity index (χ0) is 17.1. The van der Waals surface area contributed by atoms with Crippen molar-refractivity contribution in [1.82, 2.24) is 25.2 Å². The molecule has 0 saturated heterocycles. The number of rotatable bonds is 6. The van der Waals surface area contributed by atoms with Crippen LogP contribution in [0, 0.1) is 0 Å². The second-order valence-electron chi connectivity index (χ2n) is 5.30. The van der Waals surface area contributed by atoms with E-state index >= 15 is 0 Å². The van der Waals surface area contributed by atoms with Gasteiger partial charge in [-0.25, -0.2) is 9.67 Å². The molecule has 8 heteroatoms. The topological polar surface area (TPSA) is 68.5 Å². The summed E-state index contributed by atoms with van der Waals surface area (Å²) < 4.78 is 4.05. The molecule has 0 atom stereocenters. The Morgan fingerprint density at radius 1 is 1.16 bits per heavy atom. The molecule has 0 unspecified atom stereocenters. The summed E-state index contributed by atoms with van der Waals surface area (Å²) in [6.07, 6.45) is 0. The summed E-state index contributed by atoms with van der Waals surface area (Å²) in [4.78, 5) is 4.62. The lowest BCUT2D eigenvalue weighted by molar-refractivity contribution is 0.640. The highest BCUT2D eigenvalue weighted by Crippen LogP contribution is 2.31. The highest BCUT2D eigenvalue weighted by atomic mass is 32.2. The van der Waals surface area contributed by atoms with Crippen molar-refractivity contribution >= 4 is 39.0 Å². The fourth-order valence-corrected chi connectivity index (χ4v) is 4.47. The van der Waals surface area contributed by atoms with E-state index in [4.69, 9.17) is 0 Å². The van der Waals surface area contributed by atoms with E-state index in [9.17, 15) is 0 Å². The Labute approximate surface area is 153 Å². The van der Waals surface area contributed by atoms with E-state index in [2.05, 4.69) is 38.8 Å². The zero-order valence-electron chi connectivity index (χ0n) is 13.6. The summed E-state index contributed by atoms with van der Waals surface area (Å²) in [5, 5.41) is 15.4. The second-order valence-corrected chi connectivity index (χ2v) is 7.84. The van der Waals surface area contributed by atoms with Crippen LogP contribution in [0.5, 0.6) is 0 Å². The van der Waals surface area contributed by atoms with Crippen LogP contribution in [0.25, 0.3) is 21.6 Å². The van der Waals surface area contributed by atoms with E-state index < -0.39 is 0 Å². The third-order valence-corrected chi connectivity index (χ3v) is 5.68. The van der Waals surface area contributed by atoms with E-state index in [1.807, 2.05) is 42.5 Å². The maximum absolute atomic E-state index is 4.62. The number of thioether (sulfide) groups is 1. The number of nitrogens with zero attached hydrogens (tertiary/aromatic N) is 5. The molecule has 0 aliphatic heterocycles. The third-order valence-electron chi connectivity index (χ3n) is 3.63. The number of hydrogen-bond acceptors (Lipinski definition) is 7. The lowest BCUT2D eigenvalue weighted by atomic mass is 10.2. The van der Waals surface area contributed by atoms with Gasteiger partial charge in [-0.2, -0.15) is 0 Å². The smallest absolute Gasteiger partial charge is 0.183 e. The Kier molecular flexibility index (Phi) is 4.62. The molecule has 4 rings (SSSR count). The molecule has 2 aromatic carbocycles. The van der Waals surface area contributed by atoms with Crippen LogP contribution < -0.4 is 5.32 Å². The van der Waals surface area contributed by atoms with Gasteiger partial charge in [-0.05, 0) is 34.4 Å². The summed E-state index contributed by atoms with van der Waals surface area (Å²) in [5.74, 6) is 1.78. The van der Waals surface area contributed by atoms with Gasteiger partial charge in [-0.3, -0.25) is 0 Å². The van der Waals surface area contributed by atoms with Crippen molar-refractivity contribution < 1.29 is 0 Å². The highest BCUT2D eigenvalue weighted by molar-refractivity contribution is 8.01. The van der Waals surface area contributed by atoms with E-state index in [-0.39, 0.29) is 0 Å². The molecular formula is C17H16N6S2. The van der Waals surface area contributed by atoms with E-state index in [1.165, 1.54) is 4.70 Å². The molecule has 4 aromatic rings. The lowest BCUT2D eigenvalue weighted by Crippen LogP contribution is -2.11. The number of anilines is 1. The monoisotopic (exact) mass is 368 g/mol. The molecule has 2 heterocycles. The third kappa shape index (κ3) is 3.49. The molecule has 1 N–H and O–H groups in total. The van der Waals surface area contributed by atoms with Crippen molar-refractivity contribution in [3.63, 3.8) is 0 Å². The van der Waals surface area contributed by atoms with Crippen molar-refractivity contribution in [1.29, 1.82) is 0 Å². The molecule has 0 saturated carbocycles. The van der Waals surface area contributed by atoms with Gasteiger partial charge in [0.1, 0.15) is 6.67 Å². The number of thiazole rings is 1. The first-order valence-corrected chi connectivity index (χ1v) is 9.72.